The molecule has 0 fully saturated rings. The summed E-state index contributed by atoms with van der Waals surface area (Å²) in [4.78, 5) is 24.9. The van der Waals surface area contributed by atoms with Gasteiger partial charge >= 0.3 is 5.97 Å². The molecular formula is C30H20O4. The molecule has 4 aromatic rings. The van der Waals surface area contributed by atoms with E-state index in [1.54, 1.807) is 30.4 Å². The molecule has 0 saturated heterocycles. The van der Waals surface area contributed by atoms with Crippen LogP contribution >= 0.6 is 0 Å². The van der Waals surface area contributed by atoms with E-state index in [9.17, 15) is 9.59 Å². The molecule has 0 aromatic heterocycles. The van der Waals surface area contributed by atoms with Gasteiger partial charge in [-0.25, -0.2) is 4.79 Å². The van der Waals surface area contributed by atoms with Crippen LogP contribution in [0, 0.1) is 0 Å². The van der Waals surface area contributed by atoms with E-state index < -0.39 is 5.97 Å². The number of fused-ring (bicyclic) bond motifs is 1. The number of hydrogen-bond acceptors (Lipinski definition) is 4. The lowest BCUT2D eigenvalue weighted by Crippen LogP contribution is -2.03. The Bertz CT molecular complexity index is 1400. The molecule has 0 N–H and O–H groups in total. The quantitative estimate of drug-likeness (QED) is 0.198. The average molecular weight is 444 g/mol. The van der Waals surface area contributed by atoms with Crippen molar-refractivity contribution in [3.05, 3.63) is 132 Å². The van der Waals surface area contributed by atoms with Crippen molar-refractivity contribution in [1.82, 2.24) is 0 Å². The summed E-state index contributed by atoms with van der Waals surface area (Å²) in [5.74, 6) is 0.193. The lowest BCUT2D eigenvalue weighted by molar-refractivity contribution is -0.128. The third-order valence-electron chi connectivity index (χ3n) is 5.39. The maximum atomic E-state index is 12.8. The lowest BCUT2D eigenvalue weighted by Gasteiger charge is -2.04. The summed E-state index contributed by atoms with van der Waals surface area (Å²) in [6.07, 6.45) is 4.75. The minimum atomic E-state index is -0.512. The number of ether oxygens (including phenoxy) is 2. The Labute approximate surface area is 197 Å². The third-order valence-corrected chi connectivity index (χ3v) is 5.39. The highest BCUT2D eigenvalue weighted by molar-refractivity contribution is 6.14. The molecule has 1 aliphatic heterocycles. The van der Waals surface area contributed by atoms with E-state index >= 15 is 0 Å². The van der Waals surface area contributed by atoms with Crippen molar-refractivity contribution in [2.24, 2.45) is 0 Å². The zero-order valence-corrected chi connectivity index (χ0v) is 18.2. The van der Waals surface area contributed by atoms with Crippen LogP contribution in [0.3, 0.4) is 0 Å². The van der Waals surface area contributed by atoms with Crippen molar-refractivity contribution in [2.45, 2.75) is 0 Å². The second-order valence-electron chi connectivity index (χ2n) is 7.75. The van der Waals surface area contributed by atoms with Gasteiger partial charge in [0.05, 0.1) is 5.56 Å². The zero-order valence-electron chi connectivity index (χ0n) is 18.2. The fourth-order valence-electron chi connectivity index (χ4n) is 3.66. The van der Waals surface area contributed by atoms with Crippen molar-refractivity contribution in [1.29, 1.82) is 0 Å². The highest BCUT2D eigenvalue weighted by Gasteiger charge is 2.28. The summed E-state index contributed by atoms with van der Waals surface area (Å²) in [6, 6.07) is 32.2. The average Bonchev–Trinajstić information content (AvgIpc) is 3.18. The van der Waals surface area contributed by atoms with E-state index in [1.807, 2.05) is 72.8 Å². The van der Waals surface area contributed by atoms with E-state index in [4.69, 9.17) is 9.47 Å². The second-order valence-corrected chi connectivity index (χ2v) is 7.75. The maximum absolute atomic E-state index is 12.8. The number of carbonyl (C=O) groups is 2. The Morgan fingerprint density at radius 3 is 2.15 bits per heavy atom. The van der Waals surface area contributed by atoms with Gasteiger partial charge in [0.15, 0.2) is 5.76 Å². The van der Waals surface area contributed by atoms with E-state index in [1.165, 1.54) is 6.08 Å². The molecule has 0 saturated carbocycles. The minimum Gasteiger partial charge on any atom is -0.452 e. The monoisotopic (exact) mass is 444 g/mol. The summed E-state index contributed by atoms with van der Waals surface area (Å²) in [5.41, 5.74) is 4.41. The van der Waals surface area contributed by atoms with Crippen LogP contribution in [0.15, 0.2) is 115 Å². The smallest absolute Gasteiger partial charge is 0.336 e. The van der Waals surface area contributed by atoms with Crippen molar-refractivity contribution < 1.29 is 19.1 Å². The van der Waals surface area contributed by atoms with Gasteiger partial charge in [-0.1, -0.05) is 84.9 Å². The van der Waals surface area contributed by atoms with Crippen LogP contribution in [0.2, 0.25) is 0 Å². The SMILES string of the molecule is O=C(C=Cc1ccccc1)Oc1ccc2c(c1)OC(=Cc1ccc(-c3ccccc3)cc1)C2=O. The van der Waals surface area contributed by atoms with Gasteiger partial charge in [0.1, 0.15) is 11.5 Å². The molecule has 0 radical (unpaired) electrons. The molecule has 34 heavy (non-hydrogen) atoms. The van der Waals surface area contributed by atoms with Crippen LogP contribution < -0.4 is 9.47 Å². The topological polar surface area (TPSA) is 52.6 Å². The third kappa shape index (κ3) is 4.71. The lowest BCUT2D eigenvalue weighted by atomic mass is 10.0. The molecule has 0 amide bonds. The Morgan fingerprint density at radius 1 is 0.735 bits per heavy atom. The van der Waals surface area contributed by atoms with Gasteiger partial charge < -0.3 is 9.47 Å². The number of esters is 1. The molecule has 0 aliphatic carbocycles. The highest BCUT2D eigenvalue weighted by Crippen LogP contribution is 2.35. The first-order chi connectivity index (χ1) is 16.7. The predicted octanol–water partition coefficient (Wildman–Crippen LogP) is 6.59. The Kier molecular flexibility index (Phi) is 5.87. The Morgan fingerprint density at radius 2 is 1.41 bits per heavy atom. The molecular weight excluding hydrogens is 424 g/mol. The van der Waals surface area contributed by atoms with Crippen LogP contribution in [0.25, 0.3) is 23.3 Å². The van der Waals surface area contributed by atoms with Crippen LogP contribution in [-0.2, 0) is 4.79 Å². The first-order valence-corrected chi connectivity index (χ1v) is 10.8. The van der Waals surface area contributed by atoms with Crippen LogP contribution in [0.4, 0.5) is 0 Å². The largest absolute Gasteiger partial charge is 0.452 e. The molecule has 4 nitrogen and oxygen atoms in total. The van der Waals surface area contributed by atoms with Crippen LogP contribution in [0.5, 0.6) is 11.5 Å². The number of rotatable bonds is 5. The molecule has 0 unspecified atom stereocenters. The fourth-order valence-corrected chi connectivity index (χ4v) is 3.66. The van der Waals surface area contributed by atoms with E-state index in [-0.39, 0.29) is 11.5 Å². The minimum absolute atomic E-state index is 0.205. The van der Waals surface area contributed by atoms with E-state index in [2.05, 4.69) is 12.1 Å². The van der Waals surface area contributed by atoms with Crippen molar-refractivity contribution in [2.75, 3.05) is 0 Å². The first kappa shape index (κ1) is 21.2. The molecule has 1 aliphatic rings. The number of ketones is 1. The first-order valence-electron chi connectivity index (χ1n) is 10.8. The van der Waals surface area contributed by atoms with E-state index in [0.29, 0.717) is 17.1 Å². The van der Waals surface area contributed by atoms with Crippen LogP contribution in [0.1, 0.15) is 21.5 Å². The molecule has 0 bridgehead atoms. The summed E-state index contributed by atoms with van der Waals surface area (Å²) < 4.78 is 11.2. The van der Waals surface area contributed by atoms with Crippen molar-refractivity contribution in [3.8, 4) is 22.6 Å². The molecule has 4 aromatic carbocycles. The standard InChI is InChI=1S/C30H20O4/c31-29(18-13-21-7-3-1-4-8-21)33-25-16-17-26-27(20-25)34-28(30(26)32)19-22-11-14-24(15-12-22)23-9-5-2-6-10-23/h1-20H. The van der Waals surface area contributed by atoms with Gasteiger partial charge in [-0.3, -0.25) is 4.79 Å². The Balaban J connectivity index is 1.28. The number of benzene rings is 4. The van der Waals surface area contributed by atoms with Crippen LogP contribution in [-0.4, -0.2) is 11.8 Å². The number of Topliss-reactive ketones (excluding diaryl/α,β-unsaturated/α-hetero) is 1. The van der Waals surface area contributed by atoms with Crippen molar-refractivity contribution in [3.63, 3.8) is 0 Å². The van der Waals surface area contributed by atoms with Gasteiger partial charge in [-0.2, -0.15) is 0 Å². The number of carbonyl (C=O) groups excluding carboxylic acids is 2. The fraction of sp³-hybridized carbons (Fsp3) is 0. The summed E-state index contributed by atoms with van der Waals surface area (Å²) >= 11 is 0. The number of hydrogen-bond donors (Lipinski definition) is 0. The zero-order chi connectivity index (χ0) is 23.3. The second kappa shape index (κ2) is 9.43. The highest BCUT2D eigenvalue weighted by atomic mass is 16.5. The molecule has 0 spiro atoms. The predicted molar refractivity (Wildman–Crippen MR) is 132 cm³/mol. The molecule has 4 heteroatoms. The summed E-state index contributed by atoms with van der Waals surface area (Å²) in [5, 5.41) is 0. The van der Waals surface area contributed by atoms with Crippen molar-refractivity contribution >= 4 is 23.9 Å². The molecule has 0 atom stereocenters. The van der Waals surface area contributed by atoms with Gasteiger partial charge in [-0.05, 0) is 46.5 Å². The normalized spacial score (nSPS) is 13.6. The van der Waals surface area contributed by atoms with E-state index in [0.717, 1.165) is 22.3 Å². The summed E-state index contributed by atoms with van der Waals surface area (Å²) in [6.45, 7) is 0. The molecule has 1 heterocycles. The maximum Gasteiger partial charge on any atom is 0.336 e. The molecule has 5 rings (SSSR count). The Hall–Kier alpha value is -4.70. The van der Waals surface area contributed by atoms with Gasteiger partial charge in [0.25, 0.3) is 0 Å². The van der Waals surface area contributed by atoms with Gasteiger partial charge in [-0.15, -0.1) is 0 Å². The van der Waals surface area contributed by atoms with Gasteiger partial charge in [0, 0.05) is 12.1 Å². The number of allylic oxidation sites excluding steroid dienone is 1. The van der Waals surface area contributed by atoms with Gasteiger partial charge in [0.2, 0.25) is 5.78 Å². The summed E-state index contributed by atoms with van der Waals surface area (Å²) in [7, 11) is 0. The molecule has 164 valence electrons.